The summed E-state index contributed by atoms with van der Waals surface area (Å²) in [6.07, 6.45) is 6.28. The molecule has 4 heterocycles. The fourth-order valence-electron chi connectivity index (χ4n) is 4.96. The topological polar surface area (TPSA) is 101 Å². The smallest absolute Gasteiger partial charge is 0.246 e. The van der Waals surface area contributed by atoms with Gasteiger partial charge in [0.1, 0.15) is 30.0 Å². The average molecular weight is 521 g/mol. The molecule has 1 saturated heterocycles. The molecule has 0 bridgehead atoms. The minimum atomic E-state index is -0.0250. The first-order chi connectivity index (χ1) is 19.0. The molecule has 1 unspecified atom stereocenters. The first-order valence-electron chi connectivity index (χ1n) is 12.8. The number of aromatic nitrogens is 5. The van der Waals surface area contributed by atoms with E-state index in [1.807, 2.05) is 54.4 Å². The van der Waals surface area contributed by atoms with Gasteiger partial charge < -0.3 is 19.9 Å². The molecule has 0 radical (unpaired) electrons. The van der Waals surface area contributed by atoms with Gasteiger partial charge in [0, 0.05) is 54.7 Å². The molecule has 10 heteroatoms. The lowest BCUT2D eigenvalue weighted by atomic mass is 10.1. The summed E-state index contributed by atoms with van der Waals surface area (Å²) in [7, 11) is 0. The summed E-state index contributed by atoms with van der Waals surface area (Å²) in [5.41, 5.74) is 4.51. The number of ether oxygens (including phenoxy) is 1. The van der Waals surface area contributed by atoms with Gasteiger partial charge in [-0.05, 0) is 68.0 Å². The Hall–Kier alpha value is -4.99. The zero-order valence-corrected chi connectivity index (χ0v) is 21.8. The lowest BCUT2D eigenvalue weighted by Crippen LogP contribution is -2.53. The van der Waals surface area contributed by atoms with Gasteiger partial charge in [-0.15, -0.1) is 0 Å². The normalized spacial score (nSPS) is 15.5. The van der Waals surface area contributed by atoms with E-state index >= 15 is 0 Å². The molecular formula is C29H28N8O2. The number of carbonyl (C=O) groups is 1. The summed E-state index contributed by atoms with van der Waals surface area (Å²) in [6, 6.07) is 16.0. The SMILES string of the molecule is C=CC(=O)N1CCN(c2ccc3ncnc(Nc4ccc(Oc5ccn6ncnc6c5)c(C)c4)c3c2)C(C)C1. The van der Waals surface area contributed by atoms with Gasteiger partial charge in [-0.1, -0.05) is 6.58 Å². The Morgan fingerprint density at radius 1 is 1.08 bits per heavy atom. The number of hydrogen-bond donors (Lipinski definition) is 1. The Balaban J connectivity index is 1.22. The second-order valence-corrected chi connectivity index (χ2v) is 9.59. The molecule has 2 aromatic carbocycles. The van der Waals surface area contributed by atoms with Gasteiger partial charge in [-0.3, -0.25) is 4.79 Å². The van der Waals surface area contributed by atoms with Crippen molar-refractivity contribution in [3.8, 4) is 11.5 Å². The number of piperazine rings is 1. The van der Waals surface area contributed by atoms with Crippen LogP contribution in [0.2, 0.25) is 0 Å². The molecule has 1 atom stereocenters. The zero-order chi connectivity index (χ0) is 26.9. The summed E-state index contributed by atoms with van der Waals surface area (Å²) in [5, 5.41) is 8.50. The van der Waals surface area contributed by atoms with Crippen molar-refractivity contribution in [3.63, 3.8) is 0 Å². The molecule has 1 aliphatic rings. The molecule has 1 N–H and O–H groups in total. The average Bonchev–Trinajstić information content (AvgIpc) is 3.42. The van der Waals surface area contributed by atoms with Gasteiger partial charge in [0.2, 0.25) is 5.91 Å². The van der Waals surface area contributed by atoms with Crippen LogP contribution in [0.1, 0.15) is 12.5 Å². The lowest BCUT2D eigenvalue weighted by molar-refractivity contribution is -0.126. The van der Waals surface area contributed by atoms with E-state index < -0.39 is 0 Å². The third-order valence-corrected chi connectivity index (χ3v) is 6.98. The van der Waals surface area contributed by atoms with E-state index in [4.69, 9.17) is 4.74 Å². The predicted molar refractivity (Wildman–Crippen MR) is 151 cm³/mol. The fraction of sp³-hybridized carbons (Fsp3) is 0.207. The zero-order valence-electron chi connectivity index (χ0n) is 21.8. The number of hydrogen-bond acceptors (Lipinski definition) is 8. The number of fused-ring (bicyclic) bond motifs is 2. The van der Waals surface area contributed by atoms with Crippen molar-refractivity contribution in [2.24, 2.45) is 0 Å². The first-order valence-corrected chi connectivity index (χ1v) is 12.8. The Bertz CT molecular complexity index is 1700. The van der Waals surface area contributed by atoms with Crippen LogP contribution in [0.5, 0.6) is 11.5 Å². The Kier molecular flexibility index (Phi) is 6.28. The molecule has 0 spiro atoms. The number of nitrogens with one attached hydrogen (secondary N) is 1. The standard InChI is InChI=1S/C29H28N8O2/c1-4-28(38)35-11-12-36(20(3)16-35)22-6-7-25-24(14-22)29(32-17-30-25)34-21-5-8-26(19(2)13-21)39-23-9-10-37-27(15-23)31-18-33-37/h4-10,13-15,17-18,20H,1,11-12,16H2,2-3H3,(H,30,32,34). The van der Waals surface area contributed by atoms with Gasteiger partial charge in [0.05, 0.1) is 5.52 Å². The number of benzene rings is 2. The predicted octanol–water partition coefficient (Wildman–Crippen LogP) is 4.74. The fourth-order valence-corrected chi connectivity index (χ4v) is 4.96. The van der Waals surface area contributed by atoms with Crippen LogP contribution in [0.3, 0.4) is 0 Å². The van der Waals surface area contributed by atoms with Crippen molar-refractivity contribution in [3.05, 3.63) is 85.6 Å². The highest BCUT2D eigenvalue weighted by molar-refractivity contribution is 5.93. The summed E-state index contributed by atoms with van der Waals surface area (Å²) >= 11 is 0. The molecule has 5 aromatic rings. The van der Waals surface area contributed by atoms with Crippen molar-refractivity contribution >= 4 is 39.6 Å². The molecule has 0 aliphatic carbocycles. The second kappa shape index (κ2) is 10.1. The molecule has 6 rings (SSSR count). The second-order valence-electron chi connectivity index (χ2n) is 9.59. The maximum atomic E-state index is 12.1. The van der Waals surface area contributed by atoms with Crippen molar-refractivity contribution in [1.82, 2.24) is 29.5 Å². The number of amides is 1. The summed E-state index contributed by atoms with van der Waals surface area (Å²) in [5.74, 6) is 2.14. The van der Waals surface area contributed by atoms with E-state index in [-0.39, 0.29) is 11.9 Å². The van der Waals surface area contributed by atoms with Crippen molar-refractivity contribution in [2.45, 2.75) is 19.9 Å². The molecular weight excluding hydrogens is 492 g/mol. The van der Waals surface area contributed by atoms with Crippen LogP contribution in [0.15, 0.2) is 80.0 Å². The summed E-state index contributed by atoms with van der Waals surface area (Å²) < 4.78 is 7.80. The molecule has 3 aromatic heterocycles. The molecule has 196 valence electrons. The van der Waals surface area contributed by atoms with E-state index in [1.165, 1.54) is 12.4 Å². The molecule has 1 fully saturated rings. The van der Waals surface area contributed by atoms with E-state index in [0.29, 0.717) is 18.8 Å². The quantitative estimate of drug-likeness (QED) is 0.321. The number of rotatable bonds is 6. The van der Waals surface area contributed by atoms with Crippen molar-refractivity contribution in [1.29, 1.82) is 0 Å². The molecule has 39 heavy (non-hydrogen) atoms. The van der Waals surface area contributed by atoms with Crippen LogP contribution in [0, 0.1) is 6.92 Å². The van der Waals surface area contributed by atoms with Crippen LogP contribution >= 0.6 is 0 Å². The van der Waals surface area contributed by atoms with Gasteiger partial charge in [-0.2, -0.15) is 5.10 Å². The minimum Gasteiger partial charge on any atom is -0.457 e. The van der Waals surface area contributed by atoms with Crippen LogP contribution < -0.4 is 15.0 Å². The van der Waals surface area contributed by atoms with E-state index in [0.717, 1.165) is 51.6 Å². The van der Waals surface area contributed by atoms with Gasteiger partial charge >= 0.3 is 0 Å². The third kappa shape index (κ3) is 4.84. The molecule has 10 nitrogen and oxygen atoms in total. The molecule has 1 aliphatic heterocycles. The number of aryl methyl sites for hydroxylation is 1. The Morgan fingerprint density at radius 2 is 1.97 bits per heavy atom. The summed E-state index contributed by atoms with van der Waals surface area (Å²) in [6.45, 7) is 9.80. The lowest BCUT2D eigenvalue weighted by Gasteiger charge is -2.41. The van der Waals surface area contributed by atoms with Crippen LogP contribution in [0.4, 0.5) is 17.2 Å². The maximum absolute atomic E-state index is 12.1. The first kappa shape index (κ1) is 24.4. The van der Waals surface area contributed by atoms with E-state index in [9.17, 15) is 4.79 Å². The summed E-state index contributed by atoms with van der Waals surface area (Å²) in [4.78, 5) is 29.5. The van der Waals surface area contributed by atoms with Gasteiger partial charge in [-0.25, -0.2) is 19.5 Å². The van der Waals surface area contributed by atoms with Crippen molar-refractivity contribution in [2.75, 3.05) is 29.9 Å². The molecule has 0 saturated carbocycles. The number of nitrogens with zero attached hydrogens (tertiary/aromatic N) is 7. The van der Waals surface area contributed by atoms with Crippen LogP contribution in [-0.4, -0.2) is 61.0 Å². The van der Waals surface area contributed by atoms with E-state index in [1.54, 1.807) is 10.8 Å². The Morgan fingerprint density at radius 3 is 2.79 bits per heavy atom. The maximum Gasteiger partial charge on any atom is 0.246 e. The highest BCUT2D eigenvalue weighted by Gasteiger charge is 2.26. The van der Waals surface area contributed by atoms with Gasteiger partial charge in [0.25, 0.3) is 0 Å². The number of pyridine rings is 1. The number of anilines is 3. The molecule has 1 amide bonds. The van der Waals surface area contributed by atoms with Crippen LogP contribution in [0.25, 0.3) is 16.6 Å². The largest absolute Gasteiger partial charge is 0.457 e. The highest BCUT2D eigenvalue weighted by atomic mass is 16.5. The van der Waals surface area contributed by atoms with E-state index in [2.05, 4.69) is 55.9 Å². The van der Waals surface area contributed by atoms with Crippen molar-refractivity contribution < 1.29 is 9.53 Å². The highest BCUT2D eigenvalue weighted by Crippen LogP contribution is 2.32. The monoisotopic (exact) mass is 520 g/mol. The van der Waals surface area contributed by atoms with Crippen LogP contribution in [-0.2, 0) is 4.79 Å². The third-order valence-electron chi connectivity index (χ3n) is 6.98. The minimum absolute atomic E-state index is 0.0250. The van der Waals surface area contributed by atoms with Gasteiger partial charge in [0.15, 0.2) is 5.65 Å². The number of carbonyl (C=O) groups excluding carboxylic acids is 1. The Labute approximate surface area is 225 Å².